The summed E-state index contributed by atoms with van der Waals surface area (Å²) in [5.41, 5.74) is -0.681. The first-order valence-electron chi connectivity index (χ1n) is 23.3. The maximum atomic E-state index is 13.1. The van der Waals surface area contributed by atoms with E-state index in [-0.39, 0.29) is 52.6 Å². The Bertz CT molecular complexity index is 1710. The lowest BCUT2D eigenvalue weighted by atomic mass is 9.33. The molecule has 63 heavy (non-hydrogen) atoms. The van der Waals surface area contributed by atoms with Crippen LogP contribution in [0.3, 0.4) is 0 Å². The summed E-state index contributed by atoms with van der Waals surface area (Å²) in [6, 6.07) is 0. The molecule has 10 N–H and O–H groups in total. The second kappa shape index (κ2) is 17.0. The summed E-state index contributed by atoms with van der Waals surface area (Å²) in [5.74, 6) is -0.430. The van der Waals surface area contributed by atoms with Crippen LogP contribution in [-0.4, -0.2) is 169 Å². The lowest BCUT2D eigenvalue weighted by molar-refractivity contribution is -0.389. The zero-order valence-corrected chi connectivity index (χ0v) is 37.6. The van der Waals surface area contributed by atoms with Crippen LogP contribution >= 0.6 is 0 Å². The Labute approximate surface area is 369 Å². The predicted octanol–water partition coefficient (Wildman–Crippen LogP) is 0.957. The van der Waals surface area contributed by atoms with Gasteiger partial charge in [0, 0.05) is 5.41 Å². The van der Waals surface area contributed by atoms with Gasteiger partial charge in [-0.3, -0.25) is 4.79 Å². The van der Waals surface area contributed by atoms with Crippen LogP contribution in [0.25, 0.3) is 0 Å². The molecular weight excluding hydrogens is 824 g/mol. The maximum Gasteiger partial charge on any atom is 0.310 e. The summed E-state index contributed by atoms with van der Waals surface area (Å²) in [5, 5.41) is 107. The molecule has 0 aromatic heterocycles. The van der Waals surface area contributed by atoms with Crippen LogP contribution in [0.2, 0.25) is 0 Å². The third-order valence-electron chi connectivity index (χ3n) is 18.7. The topological polar surface area (TPSA) is 275 Å². The van der Waals surface area contributed by atoms with Crippen LogP contribution in [0.4, 0.5) is 0 Å². The minimum Gasteiger partial charge on any atom is -0.481 e. The van der Waals surface area contributed by atoms with E-state index in [1.54, 1.807) is 0 Å². The fourth-order valence-corrected chi connectivity index (χ4v) is 14.6. The van der Waals surface area contributed by atoms with Crippen molar-refractivity contribution in [1.82, 2.24) is 0 Å². The predicted molar refractivity (Wildman–Crippen MR) is 220 cm³/mol. The number of rotatable bonds is 9. The summed E-state index contributed by atoms with van der Waals surface area (Å²) in [4.78, 5) is 13.1. The summed E-state index contributed by atoms with van der Waals surface area (Å²) in [6.07, 6.45) is -11.1. The first kappa shape index (κ1) is 48.1. The number of carboxylic acids is 1. The minimum absolute atomic E-state index is 0.00337. The van der Waals surface area contributed by atoms with Crippen LogP contribution in [0.5, 0.6) is 0 Å². The Morgan fingerprint density at radius 3 is 2.00 bits per heavy atom. The van der Waals surface area contributed by atoms with E-state index in [1.165, 1.54) is 5.57 Å². The van der Waals surface area contributed by atoms with E-state index >= 15 is 0 Å². The summed E-state index contributed by atoms with van der Waals surface area (Å²) in [7, 11) is 0. The van der Waals surface area contributed by atoms with Crippen LogP contribution in [0.1, 0.15) is 106 Å². The number of hydrogen-bond donors (Lipinski definition) is 10. The molecule has 22 atom stereocenters. The van der Waals surface area contributed by atoms with Crippen LogP contribution in [0, 0.1) is 50.2 Å². The van der Waals surface area contributed by atoms with Crippen LogP contribution in [0.15, 0.2) is 11.6 Å². The smallest absolute Gasteiger partial charge is 0.310 e. The summed E-state index contributed by atoms with van der Waals surface area (Å²) in [6.45, 7) is 12.1. The molecule has 7 fully saturated rings. The van der Waals surface area contributed by atoms with E-state index in [2.05, 4.69) is 40.7 Å². The van der Waals surface area contributed by atoms with Gasteiger partial charge in [0.2, 0.25) is 0 Å². The molecule has 0 aromatic rings. The van der Waals surface area contributed by atoms with E-state index in [0.717, 1.165) is 44.9 Å². The highest BCUT2D eigenvalue weighted by atomic mass is 16.8. The lowest BCUT2D eigenvalue weighted by Crippen LogP contribution is -2.67. The zero-order chi connectivity index (χ0) is 45.8. The van der Waals surface area contributed by atoms with Gasteiger partial charge in [-0.15, -0.1) is 0 Å². The largest absolute Gasteiger partial charge is 0.481 e. The molecule has 8 rings (SSSR count). The summed E-state index contributed by atoms with van der Waals surface area (Å²) < 4.78 is 36.1. The Kier molecular flexibility index (Phi) is 13.0. The van der Waals surface area contributed by atoms with Crippen molar-refractivity contribution in [3.63, 3.8) is 0 Å². The number of carboxylic acid groups (broad SMARTS) is 1. The van der Waals surface area contributed by atoms with E-state index in [9.17, 15) is 55.9 Å². The van der Waals surface area contributed by atoms with Gasteiger partial charge in [-0.25, -0.2) is 0 Å². The van der Waals surface area contributed by atoms with E-state index in [4.69, 9.17) is 28.4 Å². The molecule has 17 heteroatoms. The molecule has 0 amide bonds. The molecule has 0 spiro atoms. The monoisotopic (exact) mass is 898 g/mol. The number of ether oxygens (including phenoxy) is 6. The molecule has 17 nitrogen and oxygen atoms in total. The van der Waals surface area contributed by atoms with Crippen molar-refractivity contribution in [2.24, 2.45) is 50.2 Å². The molecule has 3 saturated heterocycles. The standard InChI is InChI=1S/C46H74O17/c1-41(2)13-15-46(40(56)57)16-14-44(5)22(23(46)17-41)7-8-28-42(3)11-10-29(43(4,21-48)27(42)9-12-45(28,44)6)61-38-35(31(52)25(50)20-59-38)63-39-36(33(54)32(53)26(18-47)60-39)62-37-34(55)30(51)24(49)19-58-37/h7,23-39,47-55H,8-21H2,1-6H3,(H,56,57)/t23-,24-,25-,26+,27+,28+,29-,30-,31-,32+,33-,34+,35+,36+,37-,38-,39-,42-,43-,44+,45+,46-/m0/s1. The molecular formula is C46H74O17. The second-order valence-corrected chi connectivity index (χ2v) is 22.4. The molecule has 0 radical (unpaired) electrons. The third-order valence-corrected chi connectivity index (χ3v) is 18.7. The number of fused-ring (bicyclic) bond motifs is 7. The average Bonchev–Trinajstić information content (AvgIpc) is 3.23. The van der Waals surface area contributed by atoms with Crippen molar-refractivity contribution in [1.29, 1.82) is 0 Å². The SMILES string of the molecule is CC1(C)CC[C@]2(C(=O)O)CC[C@]3(C)C(=CC[C@@H]4[C@@]5(C)CC[C@H](O[C@@H]6OC[C@H](O)[C@H](O)[C@H]6O[C@@H]6O[C@H](CO)[C@@H](O)[C@H](O)[C@H]6O[C@@H]6OC[C@H](O)[C@H](O)[C@H]6O)[C@@](C)(CO)[C@@H]5CC[C@]43C)[C@@H]2C1. The van der Waals surface area contributed by atoms with Crippen molar-refractivity contribution < 1.29 is 84.3 Å². The number of allylic oxidation sites excluding steroid dienone is 2. The Hall–Kier alpha value is -1.39. The van der Waals surface area contributed by atoms with Gasteiger partial charge < -0.3 is 79.5 Å². The molecule has 0 unspecified atom stereocenters. The van der Waals surface area contributed by atoms with Gasteiger partial charge in [0.15, 0.2) is 18.9 Å². The van der Waals surface area contributed by atoms with Gasteiger partial charge in [0.1, 0.15) is 61.0 Å². The molecule has 8 aliphatic rings. The van der Waals surface area contributed by atoms with E-state index < -0.39 is 116 Å². The van der Waals surface area contributed by atoms with Crippen molar-refractivity contribution in [3.05, 3.63) is 11.6 Å². The van der Waals surface area contributed by atoms with Gasteiger partial charge in [-0.1, -0.05) is 53.2 Å². The number of carbonyl (C=O) groups is 1. The third kappa shape index (κ3) is 7.50. The van der Waals surface area contributed by atoms with Gasteiger partial charge in [0.05, 0.1) is 37.9 Å². The highest BCUT2D eigenvalue weighted by Crippen LogP contribution is 2.76. The minimum atomic E-state index is -1.81. The molecule has 3 aliphatic heterocycles. The first-order chi connectivity index (χ1) is 29.5. The van der Waals surface area contributed by atoms with Gasteiger partial charge in [0.25, 0.3) is 0 Å². The Morgan fingerprint density at radius 2 is 1.33 bits per heavy atom. The van der Waals surface area contributed by atoms with Crippen molar-refractivity contribution >= 4 is 5.97 Å². The molecule has 360 valence electrons. The number of hydrogen-bond acceptors (Lipinski definition) is 16. The second-order valence-electron chi connectivity index (χ2n) is 22.4. The molecule has 5 aliphatic carbocycles. The first-order valence-corrected chi connectivity index (χ1v) is 23.3. The average molecular weight is 899 g/mol. The molecule has 4 saturated carbocycles. The van der Waals surface area contributed by atoms with Crippen molar-refractivity contribution in [2.75, 3.05) is 26.4 Å². The number of aliphatic hydroxyl groups excluding tert-OH is 9. The fraction of sp³-hybridized carbons (Fsp3) is 0.935. The lowest BCUT2D eigenvalue weighted by Gasteiger charge is -2.71. The van der Waals surface area contributed by atoms with Crippen molar-refractivity contribution in [3.8, 4) is 0 Å². The number of aliphatic hydroxyl groups is 9. The molecule has 0 aromatic carbocycles. The van der Waals surface area contributed by atoms with Crippen LogP contribution in [-0.2, 0) is 33.2 Å². The highest BCUT2D eigenvalue weighted by molar-refractivity contribution is 5.76. The Balaban J connectivity index is 1.04. The summed E-state index contributed by atoms with van der Waals surface area (Å²) >= 11 is 0. The maximum absolute atomic E-state index is 13.1. The fourth-order valence-electron chi connectivity index (χ4n) is 14.6. The number of aliphatic carboxylic acids is 1. The molecule has 0 bridgehead atoms. The Morgan fingerprint density at radius 1 is 0.698 bits per heavy atom. The van der Waals surface area contributed by atoms with Crippen molar-refractivity contribution in [2.45, 2.75) is 192 Å². The quantitative estimate of drug-likeness (QED) is 0.114. The normalized spacial score (nSPS) is 54.5. The van der Waals surface area contributed by atoms with E-state index in [1.807, 2.05) is 6.92 Å². The van der Waals surface area contributed by atoms with Crippen LogP contribution < -0.4 is 0 Å². The zero-order valence-electron chi connectivity index (χ0n) is 37.6. The van der Waals surface area contributed by atoms with Gasteiger partial charge >= 0.3 is 5.97 Å². The highest BCUT2D eigenvalue weighted by Gasteiger charge is 2.70. The molecule has 3 heterocycles. The van der Waals surface area contributed by atoms with Gasteiger partial charge in [-0.05, 0) is 104 Å². The van der Waals surface area contributed by atoms with Gasteiger partial charge in [-0.2, -0.15) is 0 Å². The van der Waals surface area contributed by atoms with E-state index in [0.29, 0.717) is 19.3 Å².